The van der Waals surface area contributed by atoms with Crippen molar-refractivity contribution in [3.8, 4) is 6.01 Å². The van der Waals surface area contributed by atoms with E-state index in [9.17, 15) is 4.79 Å². The molecule has 0 unspecified atom stereocenters. The molecule has 0 aliphatic heterocycles. The minimum atomic E-state index is -0.355. The Bertz CT molecular complexity index is 336. The molecular weight excluding hydrogens is 178 g/mol. The molecule has 1 heterocycles. The summed E-state index contributed by atoms with van der Waals surface area (Å²) < 4.78 is 6.11. The second-order valence-corrected chi connectivity index (χ2v) is 2.81. The van der Waals surface area contributed by atoms with Crippen molar-refractivity contribution in [3.63, 3.8) is 0 Å². The lowest BCUT2D eigenvalue weighted by molar-refractivity contribution is 0.364. The Kier molecular flexibility index (Phi) is 2.69. The number of ether oxygens (including phenoxy) is 1. The van der Waals surface area contributed by atoms with E-state index in [1.165, 1.54) is 23.4 Å². The molecule has 0 amide bonds. The van der Waals surface area contributed by atoms with Crippen LogP contribution >= 0.6 is 11.8 Å². The summed E-state index contributed by atoms with van der Waals surface area (Å²) in [6.45, 7) is 0. The molecule has 0 N–H and O–H groups in total. The number of nitrogens with zero attached hydrogens (tertiary/aromatic N) is 3. The summed E-state index contributed by atoms with van der Waals surface area (Å²) in [5.41, 5.74) is -0.355. The molecule has 0 saturated carbocycles. The summed E-state index contributed by atoms with van der Waals surface area (Å²) in [6.07, 6.45) is 1.83. The second-order valence-electron chi connectivity index (χ2n) is 2.04. The lowest BCUT2D eigenvalue weighted by atomic mass is 10.9. The Morgan fingerprint density at radius 2 is 2.17 bits per heavy atom. The molecule has 0 aliphatic rings. The van der Waals surface area contributed by atoms with E-state index in [2.05, 4.69) is 9.97 Å². The van der Waals surface area contributed by atoms with Crippen LogP contribution in [-0.2, 0) is 7.05 Å². The highest BCUT2D eigenvalue weighted by atomic mass is 32.2. The van der Waals surface area contributed by atoms with Crippen LogP contribution in [0.4, 0.5) is 0 Å². The molecule has 0 radical (unpaired) electrons. The highest BCUT2D eigenvalue weighted by Crippen LogP contribution is 2.09. The first-order valence-corrected chi connectivity index (χ1v) is 4.44. The van der Waals surface area contributed by atoms with Gasteiger partial charge in [0.05, 0.1) is 7.11 Å². The van der Waals surface area contributed by atoms with Crippen molar-refractivity contribution >= 4 is 11.8 Å². The average molecular weight is 187 g/mol. The third kappa shape index (κ3) is 1.58. The number of hydrogen-bond acceptors (Lipinski definition) is 5. The molecule has 0 spiro atoms. The van der Waals surface area contributed by atoms with E-state index in [1.54, 1.807) is 7.05 Å². The average Bonchev–Trinajstić information content (AvgIpc) is 2.09. The van der Waals surface area contributed by atoms with Gasteiger partial charge in [-0.2, -0.15) is 4.98 Å². The van der Waals surface area contributed by atoms with Crippen LogP contribution in [0, 0.1) is 0 Å². The first-order valence-electron chi connectivity index (χ1n) is 3.22. The van der Waals surface area contributed by atoms with Gasteiger partial charge in [0.25, 0.3) is 0 Å². The maximum absolute atomic E-state index is 11.1. The van der Waals surface area contributed by atoms with Gasteiger partial charge in [-0.15, -0.1) is 4.98 Å². The molecular formula is C6H9N3O2S. The standard InChI is InChI=1S/C6H9N3O2S/c1-9-5(10)7-4(11-2)8-6(9)12-3/h1-3H3. The highest BCUT2D eigenvalue weighted by molar-refractivity contribution is 7.98. The Balaban J connectivity index is 3.29. The molecule has 6 heteroatoms. The Labute approximate surface area is 73.8 Å². The normalized spacial score (nSPS) is 9.92. The molecule has 1 aromatic rings. The first kappa shape index (κ1) is 9.05. The lowest BCUT2D eigenvalue weighted by Gasteiger charge is -2.03. The van der Waals surface area contributed by atoms with Gasteiger partial charge in [0, 0.05) is 7.05 Å². The predicted molar refractivity (Wildman–Crippen MR) is 45.6 cm³/mol. The third-order valence-corrected chi connectivity index (χ3v) is 2.05. The van der Waals surface area contributed by atoms with E-state index in [0.29, 0.717) is 5.16 Å². The van der Waals surface area contributed by atoms with Crippen molar-refractivity contribution in [3.05, 3.63) is 10.5 Å². The van der Waals surface area contributed by atoms with Gasteiger partial charge >= 0.3 is 11.7 Å². The van der Waals surface area contributed by atoms with Crippen LogP contribution in [0.15, 0.2) is 9.95 Å². The van der Waals surface area contributed by atoms with Gasteiger partial charge in [-0.25, -0.2) is 4.79 Å². The van der Waals surface area contributed by atoms with E-state index in [-0.39, 0.29) is 11.7 Å². The molecule has 0 atom stereocenters. The van der Waals surface area contributed by atoms with Crippen molar-refractivity contribution in [2.45, 2.75) is 5.16 Å². The van der Waals surface area contributed by atoms with E-state index in [0.717, 1.165) is 0 Å². The molecule has 5 nitrogen and oxygen atoms in total. The summed E-state index contributed by atoms with van der Waals surface area (Å²) in [6, 6.07) is 0.113. The highest BCUT2D eigenvalue weighted by Gasteiger charge is 2.04. The summed E-state index contributed by atoms with van der Waals surface area (Å²) in [7, 11) is 3.05. The van der Waals surface area contributed by atoms with Gasteiger partial charge in [-0.1, -0.05) is 11.8 Å². The molecule has 12 heavy (non-hydrogen) atoms. The third-order valence-electron chi connectivity index (χ3n) is 1.32. The van der Waals surface area contributed by atoms with Crippen molar-refractivity contribution in [1.29, 1.82) is 0 Å². The summed E-state index contributed by atoms with van der Waals surface area (Å²) >= 11 is 1.37. The van der Waals surface area contributed by atoms with E-state index in [1.807, 2.05) is 6.26 Å². The molecule has 0 fully saturated rings. The van der Waals surface area contributed by atoms with Crippen molar-refractivity contribution < 1.29 is 4.74 Å². The lowest BCUT2D eigenvalue weighted by Crippen LogP contribution is -2.23. The van der Waals surface area contributed by atoms with Crippen molar-refractivity contribution in [2.24, 2.45) is 7.05 Å². The minimum absolute atomic E-state index is 0.113. The smallest absolute Gasteiger partial charge is 0.353 e. The number of thioether (sulfide) groups is 1. The van der Waals surface area contributed by atoms with Crippen LogP contribution in [0.25, 0.3) is 0 Å². The van der Waals surface area contributed by atoms with Gasteiger partial charge in [-0.3, -0.25) is 4.57 Å². The largest absolute Gasteiger partial charge is 0.467 e. The number of hydrogen-bond donors (Lipinski definition) is 0. The zero-order valence-corrected chi connectivity index (χ0v) is 7.88. The van der Waals surface area contributed by atoms with Gasteiger partial charge in [0.2, 0.25) is 0 Å². The molecule has 0 aliphatic carbocycles. The molecule has 0 bridgehead atoms. The first-order chi connectivity index (χ1) is 5.69. The van der Waals surface area contributed by atoms with Gasteiger partial charge in [0.1, 0.15) is 0 Å². The topological polar surface area (TPSA) is 57.0 Å². The monoisotopic (exact) mass is 187 g/mol. The fraction of sp³-hybridized carbons (Fsp3) is 0.500. The van der Waals surface area contributed by atoms with Gasteiger partial charge in [0.15, 0.2) is 5.16 Å². The maximum atomic E-state index is 11.1. The molecule has 0 saturated heterocycles. The maximum Gasteiger partial charge on any atom is 0.353 e. The molecule has 66 valence electrons. The van der Waals surface area contributed by atoms with Crippen LogP contribution < -0.4 is 10.4 Å². The van der Waals surface area contributed by atoms with Crippen LogP contribution in [0.1, 0.15) is 0 Å². The van der Waals surface area contributed by atoms with Crippen molar-refractivity contribution in [2.75, 3.05) is 13.4 Å². The molecule has 0 aromatic carbocycles. The molecule has 1 rings (SSSR count). The summed E-state index contributed by atoms with van der Waals surface area (Å²) in [5.74, 6) is 0. The number of methoxy groups -OCH3 is 1. The van der Waals surface area contributed by atoms with E-state index < -0.39 is 0 Å². The minimum Gasteiger partial charge on any atom is -0.467 e. The summed E-state index contributed by atoms with van der Waals surface area (Å²) in [5, 5.41) is 0.590. The SMILES string of the molecule is COc1nc(SC)n(C)c(=O)n1. The van der Waals surface area contributed by atoms with E-state index in [4.69, 9.17) is 4.74 Å². The predicted octanol–water partition coefficient (Wildman–Crippen LogP) is -0.0942. The van der Waals surface area contributed by atoms with Gasteiger partial charge < -0.3 is 4.74 Å². The Morgan fingerprint density at radius 1 is 1.50 bits per heavy atom. The molecule has 1 aromatic heterocycles. The van der Waals surface area contributed by atoms with Crippen LogP contribution in [0.3, 0.4) is 0 Å². The fourth-order valence-corrected chi connectivity index (χ4v) is 1.22. The van der Waals surface area contributed by atoms with E-state index >= 15 is 0 Å². The van der Waals surface area contributed by atoms with Gasteiger partial charge in [-0.05, 0) is 6.26 Å². The van der Waals surface area contributed by atoms with Crippen molar-refractivity contribution in [1.82, 2.24) is 14.5 Å². The second kappa shape index (κ2) is 3.57. The zero-order chi connectivity index (χ0) is 9.14. The van der Waals surface area contributed by atoms with Crippen LogP contribution in [0.5, 0.6) is 6.01 Å². The quantitative estimate of drug-likeness (QED) is 0.605. The Morgan fingerprint density at radius 3 is 2.67 bits per heavy atom. The number of rotatable bonds is 2. The van der Waals surface area contributed by atoms with Crippen LogP contribution in [0.2, 0.25) is 0 Å². The fourth-order valence-electron chi connectivity index (χ4n) is 0.694. The Hall–Kier alpha value is -1.04. The van der Waals surface area contributed by atoms with Crippen LogP contribution in [-0.4, -0.2) is 27.9 Å². The number of aromatic nitrogens is 3. The zero-order valence-electron chi connectivity index (χ0n) is 7.07. The summed E-state index contributed by atoms with van der Waals surface area (Å²) in [4.78, 5) is 18.6.